The zero-order valence-corrected chi connectivity index (χ0v) is 11.8. The molecule has 17 heavy (non-hydrogen) atoms. The van der Waals surface area contributed by atoms with Gasteiger partial charge in [0.05, 0.1) is 0 Å². The van der Waals surface area contributed by atoms with E-state index in [9.17, 15) is 0 Å². The van der Waals surface area contributed by atoms with Gasteiger partial charge in [-0.2, -0.15) is 0 Å². The van der Waals surface area contributed by atoms with Gasteiger partial charge in [0.25, 0.3) is 0 Å². The third kappa shape index (κ3) is 3.69. The Bertz CT molecular complexity index is 209. The van der Waals surface area contributed by atoms with Crippen LogP contribution in [0.2, 0.25) is 0 Å². The van der Waals surface area contributed by atoms with E-state index < -0.39 is 0 Å². The minimum Gasteiger partial charge on any atom is -0.317 e. The molecule has 2 nitrogen and oxygen atoms in total. The van der Waals surface area contributed by atoms with E-state index in [1.165, 1.54) is 64.5 Å². The number of nitrogens with one attached hydrogen (secondary N) is 1. The molecule has 2 fully saturated rings. The Labute approximate surface area is 107 Å². The average molecular weight is 238 g/mol. The largest absolute Gasteiger partial charge is 0.317 e. The Morgan fingerprint density at radius 3 is 2.35 bits per heavy atom. The minimum atomic E-state index is 0.684. The van der Waals surface area contributed by atoms with Crippen molar-refractivity contribution in [3.63, 3.8) is 0 Å². The molecular weight excluding hydrogens is 208 g/mol. The number of hydrogen-bond acceptors (Lipinski definition) is 2. The van der Waals surface area contributed by atoms with Crippen molar-refractivity contribution in [2.75, 3.05) is 20.1 Å². The highest BCUT2D eigenvalue weighted by molar-refractivity contribution is 4.84. The Balaban J connectivity index is 1.87. The second kappa shape index (κ2) is 6.75. The third-order valence-corrected chi connectivity index (χ3v) is 4.99. The molecular formula is C15H30N2. The normalized spacial score (nSPS) is 31.1. The summed E-state index contributed by atoms with van der Waals surface area (Å²) >= 11 is 0. The molecule has 1 saturated heterocycles. The maximum absolute atomic E-state index is 3.44. The van der Waals surface area contributed by atoms with E-state index in [1.807, 2.05) is 0 Å². The molecule has 0 aromatic heterocycles. The summed E-state index contributed by atoms with van der Waals surface area (Å²) in [6.45, 7) is 5.05. The fourth-order valence-electron chi connectivity index (χ4n) is 3.64. The van der Waals surface area contributed by atoms with Crippen LogP contribution in [0.3, 0.4) is 0 Å². The topological polar surface area (TPSA) is 15.3 Å². The molecule has 0 bridgehead atoms. The van der Waals surface area contributed by atoms with Gasteiger partial charge < -0.3 is 10.2 Å². The van der Waals surface area contributed by atoms with Crippen molar-refractivity contribution in [3.05, 3.63) is 0 Å². The highest BCUT2D eigenvalue weighted by Crippen LogP contribution is 2.27. The van der Waals surface area contributed by atoms with Crippen LogP contribution in [0.1, 0.15) is 58.3 Å². The number of likely N-dealkylation sites (tertiary alicyclic amines) is 1. The van der Waals surface area contributed by atoms with Crippen molar-refractivity contribution in [2.45, 2.75) is 70.4 Å². The van der Waals surface area contributed by atoms with Gasteiger partial charge >= 0.3 is 0 Å². The van der Waals surface area contributed by atoms with Crippen LogP contribution in [-0.2, 0) is 0 Å². The molecule has 1 aliphatic carbocycles. The first-order chi connectivity index (χ1) is 8.31. The summed E-state index contributed by atoms with van der Waals surface area (Å²) in [5.41, 5.74) is 0. The lowest BCUT2D eigenvalue weighted by atomic mass is 9.90. The van der Waals surface area contributed by atoms with Gasteiger partial charge in [0.2, 0.25) is 0 Å². The van der Waals surface area contributed by atoms with Crippen LogP contribution in [0.4, 0.5) is 0 Å². The second-order valence-electron chi connectivity index (χ2n) is 6.12. The van der Waals surface area contributed by atoms with Crippen LogP contribution in [0, 0.1) is 5.92 Å². The van der Waals surface area contributed by atoms with Crippen LogP contribution in [0.15, 0.2) is 0 Å². The zero-order valence-electron chi connectivity index (χ0n) is 11.8. The van der Waals surface area contributed by atoms with Gasteiger partial charge in [-0.05, 0) is 52.1 Å². The molecule has 1 saturated carbocycles. The lowest BCUT2D eigenvalue weighted by Crippen LogP contribution is -2.47. The number of rotatable bonds is 3. The van der Waals surface area contributed by atoms with Crippen LogP contribution >= 0.6 is 0 Å². The fourth-order valence-corrected chi connectivity index (χ4v) is 3.64. The van der Waals surface area contributed by atoms with Crippen LogP contribution in [0.5, 0.6) is 0 Å². The number of nitrogens with zero attached hydrogens (tertiary/aromatic N) is 1. The maximum Gasteiger partial charge on any atom is 0.00953 e. The van der Waals surface area contributed by atoms with Gasteiger partial charge in [-0.25, -0.2) is 0 Å². The van der Waals surface area contributed by atoms with Gasteiger partial charge in [0.15, 0.2) is 0 Å². The van der Waals surface area contributed by atoms with E-state index >= 15 is 0 Å². The predicted octanol–water partition coefficient (Wildman–Crippen LogP) is 3.03. The molecule has 1 N–H and O–H groups in total. The molecule has 0 aromatic rings. The fraction of sp³-hybridized carbons (Fsp3) is 1.00. The summed E-state index contributed by atoms with van der Waals surface area (Å²) in [6.07, 6.45) is 11.6. The van der Waals surface area contributed by atoms with E-state index in [0.717, 1.165) is 12.0 Å². The summed E-state index contributed by atoms with van der Waals surface area (Å²) in [5.74, 6) is 0.872. The third-order valence-electron chi connectivity index (χ3n) is 4.99. The summed E-state index contributed by atoms with van der Waals surface area (Å²) < 4.78 is 0. The highest BCUT2D eigenvalue weighted by Gasteiger charge is 2.28. The molecule has 2 heteroatoms. The first-order valence-corrected chi connectivity index (χ1v) is 7.72. The molecule has 0 aromatic carbocycles. The van der Waals surface area contributed by atoms with Crippen LogP contribution < -0.4 is 5.32 Å². The van der Waals surface area contributed by atoms with Crippen molar-refractivity contribution in [1.82, 2.24) is 10.2 Å². The van der Waals surface area contributed by atoms with Crippen molar-refractivity contribution in [3.8, 4) is 0 Å². The lowest BCUT2D eigenvalue weighted by molar-refractivity contribution is 0.0994. The summed E-state index contributed by atoms with van der Waals surface area (Å²) in [7, 11) is 2.11. The van der Waals surface area contributed by atoms with Gasteiger partial charge in [-0.1, -0.05) is 25.7 Å². The minimum absolute atomic E-state index is 0.684. The average Bonchev–Trinajstić information content (AvgIpc) is 2.67. The summed E-state index contributed by atoms with van der Waals surface area (Å²) in [4.78, 5) is 2.81. The molecule has 2 rings (SSSR count). The maximum atomic E-state index is 3.44. The van der Waals surface area contributed by atoms with Gasteiger partial charge in [0.1, 0.15) is 0 Å². The lowest BCUT2D eigenvalue weighted by Gasteiger charge is -2.40. The molecule has 0 amide bonds. The molecule has 1 heterocycles. The smallest absolute Gasteiger partial charge is 0.00953 e. The SMILES string of the molecule is CNC(C)C1CCCN(C2CCCCCC2)C1. The van der Waals surface area contributed by atoms with Crippen molar-refractivity contribution < 1.29 is 0 Å². The van der Waals surface area contributed by atoms with E-state index in [2.05, 4.69) is 24.2 Å². The summed E-state index contributed by atoms with van der Waals surface area (Å²) in [5, 5.41) is 3.44. The van der Waals surface area contributed by atoms with Crippen molar-refractivity contribution in [1.29, 1.82) is 0 Å². The molecule has 100 valence electrons. The molecule has 2 unspecified atom stereocenters. The Morgan fingerprint density at radius 1 is 1.00 bits per heavy atom. The van der Waals surface area contributed by atoms with Gasteiger partial charge in [0, 0.05) is 18.6 Å². The zero-order chi connectivity index (χ0) is 12.1. The molecule has 1 aliphatic heterocycles. The number of piperidine rings is 1. The highest BCUT2D eigenvalue weighted by atomic mass is 15.2. The quantitative estimate of drug-likeness (QED) is 0.760. The monoisotopic (exact) mass is 238 g/mol. The van der Waals surface area contributed by atoms with Crippen LogP contribution in [0.25, 0.3) is 0 Å². The molecule has 2 aliphatic rings. The first-order valence-electron chi connectivity index (χ1n) is 7.72. The standard InChI is InChI=1S/C15H30N2/c1-13(16-2)14-8-7-11-17(12-14)15-9-5-3-4-6-10-15/h13-16H,3-12H2,1-2H3. The van der Waals surface area contributed by atoms with Crippen LogP contribution in [-0.4, -0.2) is 37.1 Å². The number of hydrogen-bond donors (Lipinski definition) is 1. The van der Waals surface area contributed by atoms with Gasteiger partial charge in [-0.3, -0.25) is 0 Å². The van der Waals surface area contributed by atoms with E-state index in [-0.39, 0.29) is 0 Å². The van der Waals surface area contributed by atoms with Gasteiger partial charge in [-0.15, -0.1) is 0 Å². The van der Waals surface area contributed by atoms with E-state index in [1.54, 1.807) is 0 Å². The first kappa shape index (κ1) is 13.4. The van der Waals surface area contributed by atoms with Crippen molar-refractivity contribution in [2.24, 2.45) is 5.92 Å². The Morgan fingerprint density at radius 2 is 1.71 bits per heavy atom. The molecule has 0 spiro atoms. The molecule has 2 atom stereocenters. The molecule has 0 radical (unpaired) electrons. The Kier molecular flexibility index (Phi) is 5.30. The van der Waals surface area contributed by atoms with E-state index in [4.69, 9.17) is 0 Å². The van der Waals surface area contributed by atoms with Crippen molar-refractivity contribution >= 4 is 0 Å². The summed E-state index contributed by atoms with van der Waals surface area (Å²) in [6, 6.07) is 1.59. The Hall–Kier alpha value is -0.0800. The second-order valence-corrected chi connectivity index (χ2v) is 6.12. The van der Waals surface area contributed by atoms with E-state index in [0.29, 0.717) is 6.04 Å². The predicted molar refractivity (Wildman–Crippen MR) is 74.3 cm³/mol.